The van der Waals surface area contributed by atoms with Gasteiger partial charge in [-0.1, -0.05) is 23.7 Å². The summed E-state index contributed by atoms with van der Waals surface area (Å²) in [6.45, 7) is 3.98. The van der Waals surface area contributed by atoms with E-state index in [0.29, 0.717) is 31.9 Å². The van der Waals surface area contributed by atoms with Gasteiger partial charge in [0.25, 0.3) is 0 Å². The lowest BCUT2D eigenvalue weighted by atomic mass is 10.1. The van der Waals surface area contributed by atoms with Crippen LogP contribution in [-0.4, -0.2) is 49.1 Å². The number of unbranched alkanes of at least 4 members (excludes halogenated alkanes) is 2. The van der Waals surface area contributed by atoms with E-state index in [-0.39, 0.29) is 5.15 Å². The van der Waals surface area contributed by atoms with Crippen LogP contribution in [0.25, 0.3) is 11.3 Å². The van der Waals surface area contributed by atoms with E-state index in [0.717, 1.165) is 48.5 Å². The van der Waals surface area contributed by atoms with Crippen molar-refractivity contribution < 1.29 is 17.7 Å². The number of hydrogen-bond donors (Lipinski definition) is 0. The summed E-state index contributed by atoms with van der Waals surface area (Å²) in [5.41, 5.74) is 2.35. The zero-order valence-electron chi connectivity index (χ0n) is 18.5. The third kappa shape index (κ3) is 5.66. The second kappa shape index (κ2) is 10.5. The normalized spacial score (nSPS) is 15.8. The lowest BCUT2D eigenvalue weighted by molar-refractivity contribution is 0.302. The lowest BCUT2D eigenvalue weighted by Gasteiger charge is -2.20. The fraction of sp³-hybridized carbons (Fsp3) is 0.391. The van der Waals surface area contributed by atoms with Crippen molar-refractivity contribution in [2.45, 2.75) is 32.6 Å². The Morgan fingerprint density at radius 2 is 1.91 bits per heavy atom. The Morgan fingerprint density at radius 1 is 1.09 bits per heavy atom. The van der Waals surface area contributed by atoms with Crippen molar-refractivity contribution >= 4 is 27.5 Å². The number of aromatic nitrogens is 2. The molecule has 3 aromatic rings. The fourth-order valence-corrected chi connectivity index (χ4v) is 5.52. The highest BCUT2D eigenvalue weighted by atomic mass is 35.5. The summed E-state index contributed by atoms with van der Waals surface area (Å²) >= 11 is 5.91. The number of pyridine rings is 1. The summed E-state index contributed by atoms with van der Waals surface area (Å²) < 4.78 is 39.6. The number of rotatable bonds is 10. The van der Waals surface area contributed by atoms with Crippen LogP contribution in [-0.2, 0) is 16.6 Å². The SMILES string of the molecule is CCc1cc(-c2ccc(OCCCCCN3CCN(c4ccnc(Cl)c4)S3(=O)=O)cc2)no1. The molecule has 0 saturated carbocycles. The molecule has 1 saturated heterocycles. The maximum absolute atomic E-state index is 12.8. The Hall–Kier alpha value is -2.62. The zero-order valence-corrected chi connectivity index (χ0v) is 20.1. The van der Waals surface area contributed by atoms with E-state index in [1.807, 2.05) is 37.3 Å². The summed E-state index contributed by atoms with van der Waals surface area (Å²) in [5, 5.41) is 4.35. The van der Waals surface area contributed by atoms with E-state index >= 15 is 0 Å². The summed E-state index contributed by atoms with van der Waals surface area (Å²) in [6, 6.07) is 12.9. The van der Waals surface area contributed by atoms with Crippen LogP contribution in [0.2, 0.25) is 5.15 Å². The fourth-order valence-electron chi connectivity index (χ4n) is 3.70. The molecule has 0 bridgehead atoms. The van der Waals surface area contributed by atoms with Gasteiger partial charge in [-0.05, 0) is 55.7 Å². The molecule has 0 N–H and O–H groups in total. The molecule has 1 fully saturated rings. The van der Waals surface area contributed by atoms with Crippen molar-refractivity contribution in [2.24, 2.45) is 0 Å². The molecule has 10 heteroatoms. The topological polar surface area (TPSA) is 88.8 Å². The van der Waals surface area contributed by atoms with Gasteiger partial charge in [-0.3, -0.25) is 4.31 Å². The smallest absolute Gasteiger partial charge is 0.304 e. The Kier molecular flexibility index (Phi) is 7.52. The second-order valence-corrected chi connectivity index (χ2v) is 10.0. The third-order valence-electron chi connectivity index (χ3n) is 5.53. The number of halogens is 1. The summed E-state index contributed by atoms with van der Waals surface area (Å²) in [5.74, 6) is 1.66. The molecular weight excluding hydrogens is 464 g/mol. The molecule has 3 heterocycles. The van der Waals surface area contributed by atoms with Gasteiger partial charge < -0.3 is 9.26 Å². The predicted molar refractivity (Wildman–Crippen MR) is 128 cm³/mol. The first-order chi connectivity index (χ1) is 16.0. The van der Waals surface area contributed by atoms with Crippen LogP contribution in [0.4, 0.5) is 5.69 Å². The molecule has 0 unspecified atom stereocenters. The van der Waals surface area contributed by atoms with E-state index in [4.69, 9.17) is 20.9 Å². The van der Waals surface area contributed by atoms with Gasteiger partial charge in [-0.15, -0.1) is 0 Å². The second-order valence-electron chi connectivity index (χ2n) is 7.78. The molecule has 8 nitrogen and oxygen atoms in total. The standard InChI is InChI=1S/C23H27ClN4O4S/c1-2-20-17-22(26-32-20)18-6-8-21(9-7-18)31-15-5-3-4-12-27-13-14-28(33(27,29)30)19-10-11-25-23(24)16-19/h6-11,16-17H,2-5,12-15H2,1H3. The molecular formula is C23H27ClN4O4S. The van der Waals surface area contributed by atoms with Crippen molar-refractivity contribution in [2.75, 3.05) is 30.5 Å². The molecule has 176 valence electrons. The van der Waals surface area contributed by atoms with Gasteiger partial charge in [-0.25, -0.2) is 4.98 Å². The first kappa shape index (κ1) is 23.5. The van der Waals surface area contributed by atoms with Crippen molar-refractivity contribution in [3.8, 4) is 17.0 Å². The molecule has 2 aromatic heterocycles. The van der Waals surface area contributed by atoms with Crippen molar-refractivity contribution in [3.63, 3.8) is 0 Å². The molecule has 0 amide bonds. The van der Waals surface area contributed by atoms with Crippen LogP contribution >= 0.6 is 11.6 Å². The first-order valence-electron chi connectivity index (χ1n) is 11.1. The molecule has 0 radical (unpaired) electrons. The van der Waals surface area contributed by atoms with Crippen LogP contribution in [0.5, 0.6) is 5.75 Å². The number of aryl methyl sites for hydroxylation is 1. The van der Waals surface area contributed by atoms with Gasteiger partial charge in [0.05, 0.1) is 12.3 Å². The molecule has 1 aromatic carbocycles. The van der Waals surface area contributed by atoms with Gasteiger partial charge in [0.1, 0.15) is 22.4 Å². The molecule has 1 aliphatic heterocycles. The average Bonchev–Trinajstić information content (AvgIpc) is 3.40. The largest absolute Gasteiger partial charge is 0.494 e. The number of benzene rings is 1. The van der Waals surface area contributed by atoms with Gasteiger partial charge >= 0.3 is 10.2 Å². The van der Waals surface area contributed by atoms with Crippen LogP contribution in [0, 0.1) is 0 Å². The van der Waals surface area contributed by atoms with Gasteiger partial charge in [0.15, 0.2) is 0 Å². The van der Waals surface area contributed by atoms with Gasteiger partial charge in [0, 0.05) is 43.9 Å². The summed E-state index contributed by atoms with van der Waals surface area (Å²) in [6.07, 6.45) is 4.83. The van der Waals surface area contributed by atoms with E-state index < -0.39 is 10.2 Å². The third-order valence-corrected chi connectivity index (χ3v) is 7.71. The van der Waals surface area contributed by atoms with E-state index in [1.165, 1.54) is 14.8 Å². The summed E-state index contributed by atoms with van der Waals surface area (Å²) in [4.78, 5) is 3.91. The molecule has 1 aliphatic rings. The van der Waals surface area contributed by atoms with Crippen LogP contribution in [0.3, 0.4) is 0 Å². The maximum atomic E-state index is 12.8. The van der Waals surface area contributed by atoms with Crippen LogP contribution in [0.1, 0.15) is 31.9 Å². The number of nitrogens with zero attached hydrogens (tertiary/aromatic N) is 4. The van der Waals surface area contributed by atoms with Crippen molar-refractivity contribution in [1.82, 2.24) is 14.4 Å². The molecule has 33 heavy (non-hydrogen) atoms. The quantitative estimate of drug-likeness (QED) is 0.305. The van der Waals surface area contributed by atoms with Crippen LogP contribution in [0.15, 0.2) is 53.2 Å². The Balaban J connectivity index is 1.18. The highest BCUT2D eigenvalue weighted by Crippen LogP contribution is 2.27. The summed E-state index contributed by atoms with van der Waals surface area (Å²) in [7, 11) is -3.52. The van der Waals surface area contributed by atoms with Crippen molar-refractivity contribution in [3.05, 3.63) is 59.6 Å². The van der Waals surface area contributed by atoms with E-state index in [9.17, 15) is 8.42 Å². The first-order valence-corrected chi connectivity index (χ1v) is 12.8. The molecule has 0 atom stereocenters. The Labute approximate surface area is 199 Å². The zero-order chi connectivity index (χ0) is 23.3. The average molecular weight is 491 g/mol. The molecule has 4 rings (SSSR count). The lowest BCUT2D eigenvalue weighted by Crippen LogP contribution is -2.33. The maximum Gasteiger partial charge on any atom is 0.304 e. The minimum absolute atomic E-state index is 0.277. The molecule has 0 aliphatic carbocycles. The number of anilines is 1. The van der Waals surface area contributed by atoms with Crippen LogP contribution < -0.4 is 9.04 Å². The highest BCUT2D eigenvalue weighted by molar-refractivity contribution is 7.90. The number of hydrogen-bond acceptors (Lipinski definition) is 6. The van der Waals surface area contributed by atoms with E-state index in [1.54, 1.807) is 12.1 Å². The highest BCUT2D eigenvalue weighted by Gasteiger charge is 2.36. The van der Waals surface area contributed by atoms with Gasteiger partial charge in [-0.2, -0.15) is 12.7 Å². The monoisotopic (exact) mass is 490 g/mol. The number of ether oxygens (including phenoxy) is 1. The van der Waals surface area contributed by atoms with Crippen molar-refractivity contribution in [1.29, 1.82) is 0 Å². The Bertz CT molecular complexity index is 1170. The Morgan fingerprint density at radius 3 is 2.64 bits per heavy atom. The molecule has 0 spiro atoms. The minimum Gasteiger partial charge on any atom is -0.494 e. The minimum atomic E-state index is -3.52. The van der Waals surface area contributed by atoms with E-state index in [2.05, 4.69) is 10.1 Å². The predicted octanol–water partition coefficient (Wildman–Crippen LogP) is 4.57. The van der Waals surface area contributed by atoms with Gasteiger partial charge in [0.2, 0.25) is 0 Å².